The van der Waals surface area contributed by atoms with Crippen molar-refractivity contribution in [1.82, 2.24) is 25.1 Å². The van der Waals surface area contributed by atoms with Crippen molar-refractivity contribution in [2.24, 2.45) is 17.8 Å². The predicted octanol–water partition coefficient (Wildman–Crippen LogP) is 2.26. The number of aromatic nitrogens is 2. The van der Waals surface area contributed by atoms with Gasteiger partial charge in [-0.25, -0.2) is 4.98 Å². The SMILES string of the molecule is CN1C[C@@H](NC(=O)c2ccc3nc[nH]c3c2)CC[C@@H](C(=O)N2C[C@H]3CCC[C@H]3C2)C1. The molecule has 7 heteroatoms. The van der Waals surface area contributed by atoms with E-state index in [0.717, 1.165) is 61.9 Å². The van der Waals surface area contributed by atoms with Gasteiger partial charge in [-0.3, -0.25) is 9.59 Å². The largest absolute Gasteiger partial charge is 0.348 e. The lowest BCUT2D eigenvalue weighted by Crippen LogP contribution is -2.42. The minimum absolute atomic E-state index is 0.0390. The van der Waals surface area contributed by atoms with Gasteiger partial charge in [-0.2, -0.15) is 0 Å². The van der Waals surface area contributed by atoms with Gasteiger partial charge in [-0.05, 0) is 62.8 Å². The minimum atomic E-state index is -0.0676. The average Bonchev–Trinajstić information content (AvgIpc) is 3.42. The van der Waals surface area contributed by atoms with Crippen LogP contribution in [0, 0.1) is 17.8 Å². The maximum atomic E-state index is 13.2. The molecule has 2 aromatic rings. The molecule has 2 amide bonds. The maximum absolute atomic E-state index is 13.2. The molecule has 160 valence electrons. The van der Waals surface area contributed by atoms with E-state index in [0.29, 0.717) is 11.5 Å². The number of amides is 2. The zero-order chi connectivity index (χ0) is 20.7. The van der Waals surface area contributed by atoms with Crippen LogP contribution >= 0.6 is 0 Å². The Bertz CT molecular complexity index is 929. The third-order valence-electron chi connectivity index (χ3n) is 7.33. The predicted molar refractivity (Wildman–Crippen MR) is 115 cm³/mol. The third kappa shape index (κ3) is 3.83. The van der Waals surface area contributed by atoms with Crippen LogP contribution < -0.4 is 5.32 Å². The number of carbonyl (C=O) groups excluding carboxylic acids is 2. The van der Waals surface area contributed by atoms with Gasteiger partial charge < -0.3 is 20.1 Å². The van der Waals surface area contributed by atoms with Gasteiger partial charge in [0.2, 0.25) is 5.91 Å². The Morgan fingerprint density at radius 1 is 1.07 bits per heavy atom. The number of hydrogen-bond donors (Lipinski definition) is 2. The first-order valence-corrected chi connectivity index (χ1v) is 11.3. The Morgan fingerprint density at radius 3 is 2.67 bits per heavy atom. The van der Waals surface area contributed by atoms with Gasteiger partial charge in [-0.1, -0.05) is 6.42 Å². The summed E-state index contributed by atoms with van der Waals surface area (Å²) in [7, 11) is 2.06. The van der Waals surface area contributed by atoms with E-state index in [-0.39, 0.29) is 17.9 Å². The first-order valence-electron chi connectivity index (χ1n) is 11.3. The summed E-state index contributed by atoms with van der Waals surface area (Å²) in [6.07, 6.45) is 7.21. The van der Waals surface area contributed by atoms with Crippen LogP contribution in [0.2, 0.25) is 0 Å². The number of likely N-dealkylation sites (N-methyl/N-ethyl adjacent to an activating group) is 1. The van der Waals surface area contributed by atoms with Crippen LogP contribution in [0.1, 0.15) is 42.5 Å². The molecular weight excluding hydrogens is 378 g/mol. The summed E-state index contributed by atoms with van der Waals surface area (Å²) in [4.78, 5) is 37.6. The highest BCUT2D eigenvalue weighted by molar-refractivity contribution is 5.97. The second kappa shape index (κ2) is 8.02. The number of hydrogen-bond acceptors (Lipinski definition) is 4. The number of likely N-dealkylation sites (tertiary alicyclic amines) is 2. The molecule has 1 aliphatic carbocycles. The summed E-state index contributed by atoms with van der Waals surface area (Å²) in [5, 5.41) is 3.18. The van der Waals surface area contributed by atoms with E-state index in [9.17, 15) is 9.59 Å². The van der Waals surface area contributed by atoms with Gasteiger partial charge in [0.05, 0.1) is 23.3 Å². The Morgan fingerprint density at radius 2 is 1.87 bits per heavy atom. The van der Waals surface area contributed by atoms with Crippen LogP contribution in [0.5, 0.6) is 0 Å². The summed E-state index contributed by atoms with van der Waals surface area (Å²) >= 11 is 0. The van der Waals surface area contributed by atoms with Crippen LogP contribution in [0.4, 0.5) is 0 Å². The van der Waals surface area contributed by atoms with Crippen LogP contribution in [0.3, 0.4) is 0 Å². The van der Waals surface area contributed by atoms with Crippen molar-refractivity contribution in [3.05, 3.63) is 30.1 Å². The van der Waals surface area contributed by atoms with Crippen molar-refractivity contribution in [1.29, 1.82) is 0 Å². The molecule has 0 unspecified atom stereocenters. The minimum Gasteiger partial charge on any atom is -0.348 e. The van der Waals surface area contributed by atoms with Crippen molar-refractivity contribution in [3.63, 3.8) is 0 Å². The third-order valence-corrected chi connectivity index (χ3v) is 7.33. The van der Waals surface area contributed by atoms with Crippen molar-refractivity contribution in [2.75, 3.05) is 33.2 Å². The number of benzene rings is 1. The van der Waals surface area contributed by atoms with E-state index in [2.05, 4.69) is 32.1 Å². The topological polar surface area (TPSA) is 81.3 Å². The number of carbonyl (C=O) groups is 2. The molecule has 2 saturated heterocycles. The summed E-state index contributed by atoms with van der Waals surface area (Å²) in [6, 6.07) is 5.57. The molecule has 1 saturated carbocycles. The standard InChI is InChI=1S/C23H31N5O2/c1-27-10-18(23(30)28-11-16-3-2-4-17(16)12-28)5-7-19(13-27)26-22(29)15-6-8-20-21(9-15)25-14-24-20/h6,8-9,14,16-19H,2-5,7,10-13H2,1H3,(H,24,25)(H,26,29)/t16-,17+,18-,19+/m1/s1. The fourth-order valence-electron chi connectivity index (χ4n) is 5.75. The number of nitrogens with zero attached hydrogens (tertiary/aromatic N) is 3. The normalized spacial score (nSPS) is 29.7. The molecular formula is C23H31N5O2. The molecule has 0 radical (unpaired) electrons. The van der Waals surface area contributed by atoms with Gasteiger partial charge in [0, 0.05) is 37.8 Å². The van der Waals surface area contributed by atoms with E-state index < -0.39 is 0 Å². The molecule has 7 nitrogen and oxygen atoms in total. The van der Waals surface area contributed by atoms with Crippen molar-refractivity contribution >= 4 is 22.8 Å². The quantitative estimate of drug-likeness (QED) is 0.815. The summed E-state index contributed by atoms with van der Waals surface area (Å²) in [6.45, 7) is 3.46. The summed E-state index contributed by atoms with van der Waals surface area (Å²) < 4.78 is 0. The zero-order valence-electron chi connectivity index (χ0n) is 17.6. The molecule has 1 aromatic carbocycles. The van der Waals surface area contributed by atoms with E-state index >= 15 is 0 Å². The lowest BCUT2D eigenvalue weighted by atomic mass is 10.00. The summed E-state index contributed by atoms with van der Waals surface area (Å²) in [5.41, 5.74) is 2.35. The van der Waals surface area contributed by atoms with Gasteiger partial charge in [-0.15, -0.1) is 0 Å². The molecule has 4 atom stereocenters. The van der Waals surface area contributed by atoms with Crippen molar-refractivity contribution in [3.8, 4) is 0 Å². The highest BCUT2D eigenvalue weighted by atomic mass is 16.2. The molecule has 30 heavy (non-hydrogen) atoms. The molecule has 0 bridgehead atoms. The molecule has 5 rings (SSSR count). The smallest absolute Gasteiger partial charge is 0.251 e. The second-order valence-electron chi connectivity index (χ2n) is 9.49. The highest BCUT2D eigenvalue weighted by Gasteiger charge is 2.40. The van der Waals surface area contributed by atoms with Crippen molar-refractivity contribution < 1.29 is 9.59 Å². The number of nitrogens with one attached hydrogen (secondary N) is 2. The lowest BCUT2D eigenvalue weighted by molar-refractivity contribution is -0.135. The molecule has 2 aliphatic heterocycles. The first-order chi connectivity index (χ1) is 14.6. The van der Waals surface area contributed by atoms with Crippen LogP contribution in [0.15, 0.2) is 24.5 Å². The Balaban J connectivity index is 1.20. The van der Waals surface area contributed by atoms with Gasteiger partial charge in [0.1, 0.15) is 0 Å². The fraction of sp³-hybridized carbons (Fsp3) is 0.609. The van der Waals surface area contributed by atoms with E-state index in [1.807, 2.05) is 18.2 Å². The Labute approximate surface area is 177 Å². The Kier molecular flexibility index (Phi) is 5.23. The Hall–Kier alpha value is -2.41. The summed E-state index contributed by atoms with van der Waals surface area (Å²) in [5.74, 6) is 1.76. The maximum Gasteiger partial charge on any atom is 0.251 e. The number of fused-ring (bicyclic) bond motifs is 2. The highest BCUT2D eigenvalue weighted by Crippen LogP contribution is 2.38. The van der Waals surface area contributed by atoms with E-state index in [1.54, 1.807) is 6.33 Å². The van der Waals surface area contributed by atoms with Crippen molar-refractivity contribution in [2.45, 2.75) is 38.1 Å². The van der Waals surface area contributed by atoms with Gasteiger partial charge in [0.15, 0.2) is 0 Å². The average molecular weight is 410 g/mol. The second-order valence-corrected chi connectivity index (χ2v) is 9.49. The number of aromatic amines is 1. The van der Waals surface area contributed by atoms with Crippen LogP contribution in [-0.2, 0) is 4.79 Å². The van der Waals surface area contributed by atoms with E-state index in [4.69, 9.17) is 0 Å². The van der Waals surface area contributed by atoms with Crippen LogP contribution in [0.25, 0.3) is 11.0 Å². The molecule has 3 fully saturated rings. The van der Waals surface area contributed by atoms with Gasteiger partial charge >= 0.3 is 0 Å². The van der Waals surface area contributed by atoms with Gasteiger partial charge in [0.25, 0.3) is 5.91 Å². The molecule has 0 spiro atoms. The molecule has 3 aliphatic rings. The molecule has 2 N–H and O–H groups in total. The molecule has 3 heterocycles. The number of imidazole rings is 1. The molecule has 1 aromatic heterocycles. The monoisotopic (exact) mass is 409 g/mol. The number of H-pyrrole nitrogens is 1. The van der Waals surface area contributed by atoms with Crippen LogP contribution in [-0.4, -0.2) is 70.9 Å². The number of rotatable bonds is 3. The zero-order valence-corrected chi connectivity index (χ0v) is 17.6. The van der Waals surface area contributed by atoms with E-state index in [1.165, 1.54) is 19.3 Å². The lowest BCUT2D eigenvalue weighted by Gasteiger charge is -2.25. The fourth-order valence-corrected chi connectivity index (χ4v) is 5.75. The first kappa shape index (κ1) is 19.5.